The molecule has 168 valence electrons. The number of Topliss-reactive ketones (excluding diaryl/α,β-unsaturated/α-hetero) is 1. The van der Waals surface area contributed by atoms with Crippen molar-refractivity contribution in [1.29, 1.82) is 0 Å². The Kier molecular flexibility index (Phi) is 5.73. The van der Waals surface area contributed by atoms with Crippen molar-refractivity contribution in [3.63, 3.8) is 0 Å². The second kappa shape index (κ2) is 8.83. The Balaban J connectivity index is 1.59. The van der Waals surface area contributed by atoms with Gasteiger partial charge in [0.1, 0.15) is 0 Å². The minimum Gasteiger partial charge on any atom is -0.493 e. The lowest BCUT2D eigenvalue weighted by Crippen LogP contribution is -2.27. The Morgan fingerprint density at radius 1 is 0.879 bits per heavy atom. The van der Waals surface area contributed by atoms with E-state index in [2.05, 4.69) is 10.6 Å². The van der Waals surface area contributed by atoms with E-state index in [-0.39, 0.29) is 17.7 Å². The molecule has 0 unspecified atom stereocenters. The van der Waals surface area contributed by atoms with Gasteiger partial charge in [-0.15, -0.1) is 0 Å². The Hall–Kier alpha value is -3.44. The highest BCUT2D eigenvalue weighted by Gasteiger charge is 2.36. The van der Waals surface area contributed by atoms with E-state index in [4.69, 9.17) is 21.1 Å². The summed E-state index contributed by atoms with van der Waals surface area (Å²) >= 11 is 6.58. The van der Waals surface area contributed by atoms with Crippen LogP contribution in [0.5, 0.6) is 11.5 Å². The first kappa shape index (κ1) is 21.4. The molecule has 3 aromatic carbocycles. The summed E-state index contributed by atoms with van der Waals surface area (Å²) in [4.78, 5) is 13.7. The fourth-order valence-electron chi connectivity index (χ4n) is 4.78. The van der Waals surface area contributed by atoms with Crippen LogP contribution >= 0.6 is 11.6 Å². The Morgan fingerprint density at radius 2 is 1.61 bits per heavy atom. The molecule has 0 saturated carbocycles. The van der Waals surface area contributed by atoms with Crippen LogP contribution < -0.4 is 20.1 Å². The summed E-state index contributed by atoms with van der Waals surface area (Å²) in [6.07, 6.45) is 1.11. The molecule has 1 aliphatic heterocycles. The average molecular weight is 461 g/mol. The van der Waals surface area contributed by atoms with Crippen molar-refractivity contribution in [2.45, 2.75) is 24.8 Å². The van der Waals surface area contributed by atoms with Gasteiger partial charge in [-0.2, -0.15) is 0 Å². The maximum atomic E-state index is 13.7. The van der Waals surface area contributed by atoms with Crippen LogP contribution in [0.3, 0.4) is 0 Å². The third-order valence-electron chi connectivity index (χ3n) is 6.40. The molecule has 1 aliphatic carbocycles. The van der Waals surface area contributed by atoms with Crippen LogP contribution in [0.1, 0.15) is 35.9 Å². The minimum atomic E-state index is -0.330. The molecule has 2 N–H and O–H groups in total. The molecule has 3 aromatic rings. The maximum absolute atomic E-state index is 13.7. The van der Waals surface area contributed by atoms with Crippen molar-refractivity contribution in [1.82, 2.24) is 0 Å². The smallest absolute Gasteiger partial charge is 0.163 e. The Morgan fingerprint density at radius 3 is 2.36 bits per heavy atom. The summed E-state index contributed by atoms with van der Waals surface area (Å²) in [5.41, 5.74) is 5.49. The zero-order valence-corrected chi connectivity index (χ0v) is 19.3. The number of ether oxygens (including phenoxy) is 2. The number of halogens is 1. The van der Waals surface area contributed by atoms with E-state index in [1.54, 1.807) is 14.2 Å². The van der Waals surface area contributed by atoms with Gasteiger partial charge in [0.2, 0.25) is 0 Å². The normalized spacial score (nSPS) is 19.5. The standard InChI is InChI=1S/C27H25ClN2O3/c1-32-24-12-11-16(15-25(24)33-2)17-13-22-26(23(31)14-17)27(18-7-3-4-8-19(18)28)30-21-10-6-5-9-20(21)29-22/h3-12,15,17,27,29-30H,13-14H2,1-2H3/t17-,27+/m1/s1. The summed E-state index contributed by atoms with van der Waals surface area (Å²) < 4.78 is 10.9. The molecule has 1 heterocycles. The zero-order valence-electron chi connectivity index (χ0n) is 18.5. The van der Waals surface area contributed by atoms with Crippen LogP contribution in [0, 0.1) is 0 Å². The van der Waals surface area contributed by atoms with Gasteiger partial charge in [0, 0.05) is 22.7 Å². The van der Waals surface area contributed by atoms with Gasteiger partial charge < -0.3 is 20.1 Å². The third kappa shape index (κ3) is 3.93. The van der Waals surface area contributed by atoms with Gasteiger partial charge in [0.05, 0.1) is 31.6 Å². The number of ketones is 1. The minimum absolute atomic E-state index is 0.0284. The van der Waals surface area contributed by atoms with Crippen molar-refractivity contribution >= 4 is 28.8 Å². The van der Waals surface area contributed by atoms with Gasteiger partial charge >= 0.3 is 0 Å². The van der Waals surface area contributed by atoms with E-state index in [0.717, 1.165) is 33.8 Å². The highest BCUT2D eigenvalue weighted by Crippen LogP contribution is 2.46. The van der Waals surface area contributed by atoms with E-state index in [0.29, 0.717) is 29.4 Å². The molecule has 6 heteroatoms. The summed E-state index contributed by atoms with van der Waals surface area (Å²) in [6, 6.07) is 21.2. The highest BCUT2D eigenvalue weighted by atomic mass is 35.5. The first-order chi connectivity index (χ1) is 16.1. The lowest BCUT2D eigenvalue weighted by atomic mass is 9.78. The fraction of sp³-hybridized carbons (Fsp3) is 0.222. The van der Waals surface area contributed by atoms with Crippen LogP contribution in [-0.4, -0.2) is 20.0 Å². The molecule has 0 amide bonds. The van der Waals surface area contributed by atoms with Crippen molar-refractivity contribution in [2.24, 2.45) is 0 Å². The highest BCUT2D eigenvalue weighted by molar-refractivity contribution is 6.31. The number of hydrogen-bond donors (Lipinski definition) is 2. The van der Waals surface area contributed by atoms with E-state index in [9.17, 15) is 4.79 Å². The number of fused-ring (bicyclic) bond motifs is 1. The molecular formula is C27H25ClN2O3. The van der Waals surface area contributed by atoms with Crippen LogP contribution in [-0.2, 0) is 4.79 Å². The van der Waals surface area contributed by atoms with Gasteiger partial charge in [0.25, 0.3) is 0 Å². The van der Waals surface area contributed by atoms with Gasteiger partial charge in [-0.25, -0.2) is 0 Å². The topological polar surface area (TPSA) is 59.6 Å². The number of methoxy groups -OCH3 is 2. The molecule has 2 aliphatic rings. The molecule has 0 spiro atoms. The summed E-state index contributed by atoms with van der Waals surface area (Å²) in [5, 5.41) is 7.77. The predicted molar refractivity (Wildman–Crippen MR) is 131 cm³/mol. The van der Waals surface area contributed by atoms with Crippen molar-refractivity contribution in [3.8, 4) is 11.5 Å². The Bertz CT molecular complexity index is 1250. The summed E-state index contributed by atoms with van der Waals surface area (Å²) in [7, 11) is 3.24. The largest absolute Gasteiger partial charge is 0.493 e. The molecule has 0 bridgehead atoms. The summed E-state index contributed by atoms with van der Waals surface area (Å²) in [6.45, 7) is 0. The molecule has 2 atom stereocenters. The van der Waals surface area contributed by atoms with Crippen molar-refractivity contribution in [2.75, 3.05) is 24.9 Å². The monoisotopic (exact) mass is 460 g/mol. The predicted octanol–water partition coefficient (Wildman–Crippen LogP) is 6.34. The zero-order chi connectivity index (χ0) is 22.9. The molecule has 0 radical (unpaired) electrons. The molecule has 0 fully saturated rings. The number of anilines is 2. The SMILES string of the molecule is COc1ccc([C@H]2CC(=O)C3=C(C2)Nc2ccccc2N[C@H]3c2ccccc2Cl)cc1OC. The number of carbonyl (C=O) groups excluding carboxylic acids is 1. The number of benzene rings is 3. The summed E-state index contributed by atoms with van der Waals surface area (Å²) in [5.74, 6) is 1.47. The van der Waals surface area contributed by atoms with Crippen LogP contribution in [0.15, 0.2) is 78.0 Å². The second-order valence-corrected chi connectivity index (χ2v) is 8.71. The van der Waals surface area contributed by atoms with E-state index in [1.807, 2.05) is 66.7 Å². The quantitative estimate of drug-likeness (QED) is 0.476. The van der Waals surface area contributed by atoms with Crippen molar-refractivity contribution in [3.05, 3.63) is 94.1 Å². The molecule has 33 heavy (non-hydrogen) atoms. The Labute approximate surface area is 198 Å². The van der Waals surface area contributed by atoms with Crippen molar-refractivity contribution < 1.29 is 14.3 Å². The van der Waals surface area contributed by atoms with Crippen LogP contribution in [0.2, 0.25) is 5.02 Å². The number of carbonyl (C=O) groups is 1. The first-order valence-electron chi connectivity index (χ1n) is 10.9. The van der Waals surface area contributed by atoms with Gasteiger partial charge in [0.15, 0.2) is 17.3 Å². The van der Waals surface area contributed by atoms with Crippen LogP contribution in [0.25, 0.3) is 0 Å². The number of hydrogen-bond acceptors (Lipinski definition) is 5. The number of rotatable bonds is 4. The second-order valence-electron chi connectivity index (χ2n) is 8.30. The lowest BCUT2D eigenvalue weighted by Gasteiger charge is -2.30. The average Bonchev–Trinajstić information content (AvgIpc) is 3.00. The number of para-hydroxylation sites is 2. The van der Waals surface area contributed by atoms with Crippen LogP contribution in [0.4, 0.5) is 11.4 Å². The van der Waals surface area contributed by atoms with Gasteiger partial charge in [-0.1, -0.05) is 48.0 Å². The molecule has 0 saturated heterocycles. The lowest BCUT2D eigenvalue weighted by molar-refractivity contribution is -0.116. The van der Waals surface area contributed by atoms with Gasteiger partial charge in [-0.3, -0.25) is 4.79 Å². The molecule has 0 aromatic heterocycles. The molecule has 5 rings (SSSR count). The number of nitrogens with one attached hydrogen (secondary N) is 2. The van der Waals surface area contributed by atoms with E-state index in [1.165, 1.54) is 0 Å². The maximum Gasteiger partial charge on any atom is 0.163 e. The van der Waals surface area contributed by atoms with E-state index >= 15 is 0 Å². The van der Waals surface area contributed by atoms with Gasteiger partial charge in [-0.05, 0) is 53.8 Å². The fourth-order valence-corrected chi connectivity index (χ4v) is 5.02. The third-order valence-corrected chi connectivity index (χ3v) is 6.75. The molecular weight excluding hydrogens is 436 g/mol. The number of allylic oxidation sites excluding steroid dienone is 1. The molecule has 5 nitrogen and oxygen atoms in total. The first-order valence-corrected chi connectivity index (χ1v) is 11.3. The van der Waals surface area contributed by atoms with E-state index < -0.39 is 0 Å².